The average molecular weight is 488 g/mol. The number of likely N-dealkylation sites (tertiary alicyclic amines) is 1. The topological polar surface area (TPSA) is 95.9 Å². The number of halogens is 3. The molecule has 2 aromatic rings. The summed E-state index contributed by atoms with van der Waals surface area (Å²) in [6, 6.07) is 15.3. The molecule has 184 valence electrons. The van der Waals surface area contributed by atoms with E-state index in [1.54, 1.807) is 0 Å². The first-order chi connectivity index (χ1) is 16.7. The number of piperidine rings is 1. The van der Waals surface area contributed by atoms with Crippen molar-refractivity contribution < 1.29 is 37.4 Å². The number of amides is 2. The number of fused-ring (bicyclic) bond motifs is 4. The minimum atomic E-state index is -4.87. The lowest BCUT2D eigenvalue weighted by Crippen LogP contribution is -2.48. The number of nitrogens with zero attached hydrogens (tertiary/aromatic N) is 1. The highest BCUT2D eigenvalue weighted by atomic mass is 19.4. The van der Waals surface area contributed by atoms with Gasteiger partial charge in [0, 0.05) is 25.6 Å². The molecule has 1 saturated heterocycles. The van der Waals surface area contributed by atoms with Gasteiger partial charge in [-0.25, -0.2) is 4.79 Å². The fourth-order valence-corrected chi connectivity index (χ4v) is 5.47. The largest absolute Gasteiger partial charge is 0.481 e. The normalized spacial score (nSPS) is 23.2. The minimum absolute atomic E-state index is 0.0159. The Kier molecular flexibility index (Phi) is 5.69. The van der Waals surface area contributed by atoms with Crippen LogP contribution in [0.1, 0.15) is 17.0 Å². The van der Waals surface area contributed by atoms with Crippen LogP contribution in [0.15, 0.2) is 48.5 Å². The molecule has 1 heterocycles. The monoisotopic (exact) mass is 488 g/mol. The number of carboxylic acids is 1. The lowest BCUT2D eigenvalue weighted by molar-refractivity contribution is -0.187. The van der Waals surface area contributed by atoms with Crippen molar-refractivity contribution >= 4 is 18.0 Å². The van der Waals surface area contributed by atoms with Crippen molar-refractivity contribution in [3.8, 4) is 11.1 Å². The molecule has 2 aromatic carbocycles. The molecule has 35 heavy (non-hydrogen) atoms. The Hall–Kier alpha value is -3.56. The molecule has 1 aliphatic heterocycles. The van der Waals surface area contributed by atoms with Crippen LogP contribution in [0.4, 0.5) is 18.0 Å². The number of alkyl halides is 3. The van der Waals surface area contributed by atoms with Crippen LogP contribution in [0.3, 0.4) is 0 Å². The number of ether oxygens (including phenoxy) is 1. The lowest BCUT2D eigenvalue weighted by atomic mass is 9.98. The predicted octanol–water partition coefficient (Wildman–Crippen LogP) is 3.49. The van der Waals surface area contributed by atoms with Crippen molar-refractivity contribution in [1.29, 1.82) is 0 Å². The van der Waals surface area contributed by atoms with E-state index in [0.717, 1.165) is 27.2 Å². The van der Waals surface area contributed by atoms with Crippen molar-refractivity contribution in [2.45, 2.75) is 12.1 Å². The van der Waals surface area contributed by atoms with Gasteiger partial charge in [-0.2, -0.15) is 13.2 Å². The van der Waals surface area contributed by atoms with Crippen LogP contribution in [0, 0.1) is 23.7 Å². The molecule has 5 rings (SSSR count). The highest BCUT2D eigenvalue weighted by molar-refractivity contribution is 5.83. The molecular formula is C25H23F3N2O5. The Balaban J connectivity index is 1.18. The molecule has 2 aliphatic carbocycles. The smallest absolute Gasteiger partial charge is 0.407 e. The molecule has 2 fully saturated rings. The first-order valence-corrected chi connectivity index (χ1v) is 11.3. The van der Waals surface area contributed by atoms with E-state index < -0.39 is 42.5 Å². The number of aliphatic carboxylic acids is 1. The van der Waals surface area contributed by atoms with E-state index in [9.17, 15) is 27.6 Å². The molecule has 0 aromatic heterocycles. The lowest BCUT2D eigenvalue weighted by Gasteiger charge is -2.27. The first kappa shape index (κ1) is 23.2. The van der Waals surface area contributed by atoms with Crippen molar-refractivity contribution in [2.24, 2.45) is 23.7 Å². The van der Waals surface area contributed by atoms with Gasteiger partial charge in [0.1, 0.15) is 6.61 Å². The van der Waals surface area contributed by atoms with Gasteiger partial charge in [-0.05, 0) is 34.1 Å². The number of rotatable bonds is 6. The Morgan fingerprint density at radius 1 is 1.00 bits per heavy atom. The third-order valence-electron chi connectivity index (χ3n) is 7.28. The van der Waals surface area contributed by atoms with Crippen LogP contribution in [0.2, 0.25) is 0 Å². The Labute approximate surface area is 198 Å². The molecule has 3 unspecified atom stereocenters. The van der Waals surface area contributed by atoms with Crippen molar-refractivity contribution in [3.05, 3.63) is 59.7 Å². The van der Waals surface area contributed by atoms with Crippen molar-refractivity contribution in [1.82, 2.24) is 10.2 Å². The number of hydrogen-bond donors (Lipinski definition) is 2. The molecular weight excluding hydrogens is 465 g/mol. The van der Waals surface area contributed by atoms with Gasteiger partial charge in [-0.1, -0.05) is 48.5 Å². The van der Waals surface area contributed by atoms with Crippen LogP contribution in [-0.2, 0) is 14.3 Å². The molecule has 0 radical (unpaired) electrons. The highest BCUT2D eigenvalue weighted by Crippen LogP contribution is 2.52. The quantitative estimate of drug-likeness (QED) is 0.649. The summed E-state index contributed by atoms with van der Waals surface area (Å²) >= 11 is 0. The van der Waals surface area contributed by atoms with Gasteiger partial charge in [-0.15, -0.1) is 0 Å². The zero-order valence-electron chi connectivity index (χ0n) is 18.5. The van der Waals surface area contributed by atoms with E-state index in [1.165, 1.54) is 0 Å². The highest BCUT2D eigenvalue weighted by Gasteiger charge is 2.62. The van der Waals surface area contributed by atoms with Crippen molar-refractivity contribution in [3.63, 3.8) is 0 Å². The van der Waals surface area contributed by atoms with Gasteiger partial charge >= 0.3 is 18.2 Å². The standard InChI is InChI=1S/C25H23F3N2O5/c26-25(27,28)20(22(31)30-10-17-18(11-30)21(17)23(32)33)9-29-24(34)35-12-19-15-7-3-1-5-13(15)14-6-2-4-8-16(14)19/h1-8,17-21H,9-12H2,(H,29,34)(H,32,33). The van der Waals surface area contributed by atoms with Gasteiger partial charge in [0.05, 0.1) is 5.92 Å². The van der Waals surface area contributed by atoms with E-state index in [1.807, 2.05) is 48.5 Å². The zero-order valence-corrected chi connectivity index (χ0v) is 18.5. The molecule has 1 saturated carbocycles. The van der Waals surface area contributed by atoms with Crippen molar-refractivity contribution in [2.75, 3.05) is 26.2 Å². The fraction of sp³-hybridized carbons (Fsp3) is 0.400. The number of carbonyl (C=O) groups excluding carboxylic acids is 2. The summed E-state index contributed by atoms with van der Waals surface area (Å²) < 4.78 is 46.1. The second-order valence-corrected chi connectivity index (χ2v) is 9.24. The number of benzene rings is 2. The summed E-state index contributed by atoms with van der Waals surface area (Å²) in [5.41, 5.74) is 3.98. The summed E-state index contributed by atoms with van der Waals surface area (Å²) in [4.78, 5) is 37.0. The second-order valence-electron chi connectivity index (χ2n) is 9.24. The molecule has 3 atom stereocenters. The number of alkyl carbamates (subject to hydrolysis) is 1. The van der Waals surface area contributed by atoms with E-state index >= 15 is 0 Å². The maximum Gasteiger partial charge on any atom is 0.407 e. The number of hydrogen-bond acceptors (Lipinski definition) is 4. The van der Waals surface area contributed by atoms with Gasteiger partial charge in [0.15, 0.2) is 5.92 Å². The van der Waals surface area contributed by atoms with Crippen LogP contribution < -0.4 is 5.32 Å². The predicted molar refractivity (Wildman–Crippen MR) is 117 cm³/mol. The van der Waals surface area contributed by atoms with Gasteiger partial charge in [0.25, 0.3) is 0 Å². The first-order valence-electron chi connectivity index (χ1n) is 11.3. The van der Waals surface area contributed by atoms with Gasteiger partial charge in [-0.3, -0.25) is 9.59 Å². The number of nitrogens with one attached hydrogen (secondary N) is 1. The summed E-state index contributed by atoms with van der Waals surface area (Å²) in [7, 11) is 0. The maximum atomic E-state index is 13.6. The molecule has 0 bridgehead atoms. The summed E-state index contributed by atoms with van der Waals surface area (Å²) in [6.07, 6.45) is -5.91. The van der Waals surface area contributed by atoms with Crippen LogP contribution in [-0.4, -0.2) is 60.4 Å². The fourth-order valence-electron chi connectivity index (χ4n) is 5.47. The van der Waals surface area contributed by atoms with E-state index in [4.69, 9.17) is 9.84 Å². The Bertz CT molecular complexity index is 1130. The van der Waals surface area contributed by atoms with Gasteiger partial charge in [0.2, 0.25) is 5.91 Å². The third-order valence-corrected chi connectivity index (χ3v) is 7.28. The van der Waals surface area contributed by atoms with E-state index in [-0.39, 0.29) is 37.5 Å². The number of carbonyl (C=O) groups is 3. The SMILES string of the molecule is O=C(NCC(C(=O)N1CC2C(C1)C2C(=O)O)C(F)(F)F)OCC1c2ccccc2-c2ccccc21. The Morgan fingerprint density at radius 3 is 2.06 bits per heavy atom. The van der Waals surface area contributed by atoms with Crippen LogP contribution in [0.5, 0.6) is 0 Å². The molecule has 0 spiro atoms. The maximum absolute atomic E-state index is 13.6. The average Bonchev–Trinajstić information content (AvgIpc) is 3.17. The van der Waals surface area contributed by atoms with E-state index in [2.05, 4.69) is 5.32 Å². The van der Waals surface area contributed by atoms with Gasteiger partial charge < -0.3 is 20.1 Å². The van der Waals surface area contributed by atoms with E-state index in [0.29, 0.717) is 0 Å². The molecule has 3 aliphatic rings. The molecule has 2 N–H and O–H groups in total. The minimum Gasteiger partial charge on any atom is -0.481 e. The third kappa shape index (κ3) is 4.21. The molecule has 10 heteroatoms. The summed E-state index contributed by atoms with van der Waals surface area (Å²) in [5.74, 6) is -6.03. The Morgan fingerprint density at radius 2 is 1.54 bits per heavy atom. The van der Waals surface area contributed by atoms with Crippen LogP contribution >= 0.6 is 0 Å². The summed E-state index contributed by atoms with van der Waals surface area (Å²) in [5, 5.41) is 11.2. The molecule has 2 amide bonds. The zero-order chi connectivity index (χ0) is 24.9. The summed E-state index contributed by atoms with van der Waals surface area (Å²) in [6.45, 7) is -1.04. The van der Waals surface area contributed by atoms with Crippen LogP contribution in [0.25, 0.3) is 11.1 Å². The number of carboxylic acid groups (broad SMARTS) is 1. The molecule has 7 nitrogen and oxygen atoms in total. The second kappa shape index (κ2) is 8.58.